The Balaban J connectivity index is 1.78. The van der Waals surface area contributed by atoms with Crippen LogP contribution >= 0.6 is 22.6 Å². The van der Waals surface area contributed by atoms with Crippen molar-refractivity contribution in [1.29, 1.82) is 0 Å². The normalized spacial score (nSPS) is 15.1. The van der Waals surface area contributed by atoms with Crippen molar-refractivity contribution in [2.75, 3.05) is 7.11 Å². The van der Waals surface area contributed by atoms with Gasteiger partial charge in [0, 0.05) is 11.1 Å². The molecule has 2 aromatic carbocycles. The molecule has 1 amide bonds. The van der Waals surface area contributed by atoms with Crippen molar-refractivity contribution in [3.8, 4) is 5.75 Å². The molecule has 3 rings (SSSR count). The van der Waals surface area contributed by atoms with Crippen molar-refractivity contribution >= 4 is 34.2 Å². The number of hydrogen-bond donors (Lipinski definition) is 1. The standard InChI is InChI=1S/C18H17IN2O2/c1-23-17-10-9-13(11-15(17)19)18(22)21-20-16-8-4-6-12-5-2-3-7-14(12)16/h2-3,5,7,9-11H,4,6,8H2,1H3,(H,21,22)/b20-16-. The summed E-state index contributed by atoms with van der Waals surface area (Å²) < 4.78 is 6.10. The molecule has 1 aliphatic rings. The fraction of sp³-hybridized carbons (Fsp3) is 0.222. The van der Waals surface area contributed by atoms with E-state index in [0.29, 0.717) is 5.56 Å². The Hall–Kier alpha value is -1.89. The summed E-state index contributed by atoms with van der Waals surface area (Å²) >= 11 is 2.15. The number of fused-ring (bicyclic) bond motifs is 1. The van der Waals surface area contributed by atoms with E-state index in [1.165, 1.54) is 5.56 Å². The van der Waals surface area contributed by atoms with E-state index >= 15 is 0 Å². The maximum atomic E-state index is 12.3. The summed E-state index contributed by atoms with van der Waals surface area (Å²) in [5.74, 6) is 0.552. The molecule has 2 aromatic rings. The molecular formula is C18H17IN2O2. The third-order valence-electron chi connectivity index (χ3n) is 3.89. The molecule has 4 nitrogen and oxygen atoms in total. The van der Waals surface area contributed by atoms with Crippen molar-refractivity contribution in [2.24, 2.45) is 5.10 Å². The summed E-state index contributed by atoms with van der Waals surface area (Å²) in [4.78, 5) is 12.3. The zero-order chi connectivity index (χ0) is 16.2. The van der Waals surface area contributed by atoms with E-state index in [0.717, 1.165) is 39.9 Å². The molecule has 0 spiro atoms. The van der Waals surface area contributed by atoms with Gasteiger partial charge in [0.1, 0.15) is 5.75 Å². The van der Waals surface area contributed by atoms with Gasteiger partial charge in [0.25, 0.3) is 5.91 Å². The monoisotopic (exact) mass is 420 g/mol. The van der Waals surface area contributed by atoms with E-state index < -0.39 is 0 Å². The molecule has 0 bridgehead atoms. The summed E-state index contributed by atoms with van der Waals surface area (Å²) in [6, 6.07) is 13.6. The van der Waals surface area contributed by atoms with Crippen LogP contribution < -0.4 is 10.2 Å². The van der Waals surface area contributed by atoms with E-state index in [9.17, 15) is 4.79 Å². The van der Waals surface area contributed by atoms with Gasteiger partial charge in [-0.2, -0.15) is 5.10 Å². The predicted molar refractivity (Wildman–Crippen MR) is 99.1 cm³/mol. The Kier molecular flexibility index (Phi) is 4.95. The number of carbonyl (C=O) groups excluding carboxylic acids is 1. The first kappa shape index (κ1) is 16.0. The minimum atomic E-state index is -0.207. The quantitative estimate of drug-likeness (QED) is 0.607. The first-order valence-electron chi connectivity index (χ1n) is 7.48. The number of hydrazone groups is 1. The molecular weight excluding hydrogens is 403 g/mol. The fourth-order valence-corrected chi connectivity index (χ4v) is 3.44. The highest BCUT2D eigenvalue weighted by Crippen LogP contribution is 2.22. The van der Waals surface area contributed by atoms with Crippen LogP contribution in [0.2, 0.25) is 0 Å². The summed E-state index contributed by atoms with van der Waals surface area (Å²) in [6.07, 6.45) is 3.02. The second kappa shape index (κ2) is 7.12. The minimum Gasteiger partial charge on any atom is -0.496 e. The number of benzene rings is 2. The van der Waals surface area contributed by atoms with E-state index in [4.69, 9.17) is 4.74 Å². The largest absolute Gasteiger partial charge is 0.496 e. The van der Waals surface area contributed by atoms with Crippen LogP contribution in [0.1, 0.15) is 34.3 Å². The molecule has 1 aliphatic carbocycles. The lowest BCUT2D eigenvalue weighted by molar-refractivity contribution is 0.0954. The van der Waals surface area contributed by atoms with Crippen LogP contribution in [0.25, 0.3) is 0 Å². The molecule has 5 heteroatoms. The number of amides is 1. The van der Waals surface area contributed by atoms with Crippen LogP contribution in [0, 0.1) is 3.57 Å². The second-order valence-corrected chi connectivity index (χ2v) is 6.52. The average Bonchev–Trinajstić information content (AvgIpc) is 2.59. The number of rotatable bonds is 3. The predicted octanol–water partition coefficient (Wildman–Crippen LogP) is 3.77. The Morgan fingerprint density at radius 2 is 2.04 bits per heavy atom. The highest BCUT2D eigenvalue weighted by atomic mass is 127. The third-order valence-corrected chi connectivity index (χ3v) is 4.74. The zero-order valence-corrected chi connectivity index (χ0v) is 15.0. The van der Waals surface area contributed by atoms with Gasteiger partial charge in [0.15, 0.2) is 0 Å². The Morgan fingerprint density at radius 1 is 1.22 bits per heavy atom. The molecule has 1 N–H and O–H groups in total. The summed E-state index contributed by atoms with van der Waals surface area (Å²) in [6.45, 7) is 0. The number of nitrogens with one attached hydrogen (secondary N) is 1. The molecule has 0 unspecified atom stereocenters. The van der Waals surface area contributed by atoms with Gasteiger partial charge in [-0.1, -0.05) is 24.3 Å². The van der Waals surface area contributed by atoms with Crippen molar-refractivity contribution in [2.45, 2.75) is 19.3 Å². The van der Waals surface area contributed by atoms with Gasteiger partial charge in [0.05, 0.1) is 16.4 Å². The third kappa shape index (κ3) is 3.55. The molecule has 0 atom stereocenters. The van der Waals surface area contributed by atoms with Crippen LogP contribution in [0.4, 0.5) is 0 Å². The number of hydrogen-bond acceptors (Lipinski definition) is 3. The average molecular weight is 420 g/mol. The van der Waals surface area contributed by atoms with Crippen LogP contribution in [-0.4, -0.2) is 18.7 Å². The number of carbonyl (C=O) groups is 1. The van der Waals surface area contributed by atoms with Gasteiger partial charge in [-0.15, -0.1) is 0 Å². The number of methoxy groups -OCH3 is 1. The van der Waals surface area contributed by atoms with Crippen LogP contribution in [0.15, 0.2) is 47.6 Å². The Morgan fingerprint density at radius 3 is 2.83 bits per heavy atom. The van der Waals surface area contributed by atoms with Gasteiger partial charge in [0.2, 0.25) is 0 Å². The first-order valence-corrected chi connectivity index (χ1v) is 8.55. The SMILES string of the molecule is COc1ccc(C(=O)N/N=C2/CCCc3ccccc32)cc1I. The van der Waals surface area contributed by atoms with Gasteiger partial charge in [-0.05, 0) is 65.6 Å². The molecule has 0 aliphatic heterocycles. The summed E-state index contributed by atoms with van der Waals surface area (Å²) in [7, 11) is 1.61. The number of ether oxygens (including phenoxy) is 1. The van der Waals surface area contributed by atoms with E-state index in [1.807, 2.05) is 12.1 Å². The molecule has 118 valence electrons. The molecule has 0 aromatic heterocycles. The highest BCUT2D eigenvalue weighted by Gasteiger charge is 2.15. The number of aryl methyl sites for hydroxylation is 1. The second-order valence-electron chi connectivity index (χ2n) is 5.36. The van der Waals surface area contributed by atoms with E-state index in [2.05, 4.69) is 45.3 Å². The molecule has 0 radical (unpaired) electrons. The van der Waals surface area contributed by atoms with Gasteiger partial charge < -0.3 is 4.74 Å². The van der Waals surface area contributed by atoms with Crippen LogP contribution in [0.5, 0.6) is 5.75 Å². The smallest absolute Gasteiger partial charge is 0.271 e. The Bertz CT molecular complexity index is 771. The summed E-state index contributed by atoms with van der Waals surface area (Å²) in [5, 5.41) is 4.36. The van der Waals surface area contributed by atoms with Gasteiger partial charge >= 0.3 is 0 Å². The lowest BCUT2D eigenvalue weighted by Crippen LogP contribution is -2.22. The van der Waals surface area contributed by atoms with Gasteiger partial charge in [-0.3, -0.25) is 4.79 Å². The van der Waals surface area contributed by atoms with Crippen LogP contribution in [0.3, 0.4) is 0 Å². The fourth-order valence-electron chi connectivity index (χ4n) is 2.71. The lowest BCUT2D eigenvalue weighted by Gasteiger charge is -2.17. The highest BCUT2D eigenvalue weighted by molar-refractivity contribution is 14.1. The summed E-state index contributed by atoms with van der Waals surface area (Å²) in [5.41, 5.74) is 6.64. The lowest BCUT2D eigenvalue weighted by atomic mass is 9.90. The molecule has 0 fully saturated rings. The van der Waals surface area contributed by atoms with Crippen LogP contribution in [-0.2, 0) is 6.42 Å². The number of nitrogens with zero attached hydrogens (tertiary/aromatic N) is 1. The maximum absolute atomic E-state index is 12.3. The topological polar surface area (TPSA) is 50.7 Å². The Labute approximate surface area is 149 Å². The number of halogens is 1. The molecule has 0 heterocycles. The van der Waals surface area contributed by atoms with Crippen molar-refractivity contribution in [1.82, 2.24) is 5.43 Å². The van der Waals surface area contributed by atoms with E-state index in [-0.39, 0.29) is 5.91 Å². The zero-order valence-electron chi connectivity index (χ0n) is 12.8. The van der Waals surface area contributed by atoms with Gasteiger partial charge in [-0.25, -0.2) is 5.43 Å². The van der Waals surface area contributed by atoms with Crippen molar-refractivity contribution in [3.63, 3.8) is 0 Å². The molecule has 23 heavy (non-hydrogen) atoms. The minimum absolute atomic E-state index is 0.207. The maximum Gasteiger partial charge on any atom is 0.271 e. The van der Waals surface area contributed by atoms with Crippen molar-refractivity contribution < 1.29 is 9.53 Å². The molecule has 0 saturated heterocycles. The van der Waals surface area contributed by atoms with E-state index in [1.54, 1.807) is 25.3 Å². The first-order chi connectivity index (χ1) is 11.2. The van der Waals surface area contributed by atoms with Crippen molar-refractivity contribution in [3.05, 3.63) is 62.7 Å². The molecule has 0 saturated carbocycles.